The molecule has 0 bridgehead atoms. The number of fused-ring (bicyclic) bond motifs is 3. The van der Waals surface area contributed by atoms with Gasteiger partial charge in [-0.15, -0.1) is 0 Å². The zero-order chi connectivity index (χ0) is 22.2. The third-order valence-electron chi connectivity index (χ3n) is 5.83. The molecule has 3 nitrogen and oxygen atoms in total. The SMILES string of the molecule is CCOC(=O)n1c(Br)c2c(c1Br)-c1cc(C(C)(C)C)cc3cc(C(C)(C)C)cc-2c13. The molecule has 0 aliphatic heterocycles. The van der Waals surface area contributed by atoms with Crippen LogP contribution in [-0.4, -0.2) is 17.3 Å². The van der Waals surface area contributed by atoms with Crippen LogP contribution in [0.2, 0.25) is 0 Å². The van der Waals surface area contributed by atoms with Gasteiger partial charge < -0.3 is 4.74 Å². The summed E-state index contributed by atoms with van der Waals surface area (Å²) in [5.74, 6) is 0. The maximum Gasteiger partial charge on any atom is 0.419 e. The molecule has 0 atom stereocenters. The molecule has 4 rings (SSSR count). The summed E-state index contributed by atoms with van der Waals surface area (Å²) in [6.45, 7) is 15.6. The highest BCUT2D eigenvalue weighted by Gasteiger charge is 2.35. The minimum absolute atomic E-state index is 0.0127. The highest BCUT2D eigenvalue weighted by molar-refractivity contribution is 9.11. The number of halogens is 2. The quantitative estimate of drug-likeness (QED) is 0.246. The van der Waals surface area contributed by atoms with Crippen LogP contribution in [0.5, 0.6) is 0 Å². The largest absolute Gasteiger partial charge is 0.449 e. The zero-order valence-corrected chi connectivity index (χ0v) is 21.7. The predicted octanol–water partition coefficient (Wildman–Crippen LogP) is 8.41. The molecular formula is C25H27Br2NO2. The first-order valence-corrected chi connectivity index (χ1v) is 11.8. The van der Waals surface area contributed by atoms with E-state index in [1.807, 2.05) is 6.92 Å². The van der Waals surface area contributed by atoms with E-state index in [0.717, 1.165) is 20.3 Å². The van der Waals surface area contributed by atoms with Gasteiger partial charge in [0.2, 0.25) is 0 Å². The second-order valence-electron chi connectivity index (χ2n) is 10.0. The minimum Gasteiger partial charge on any atom is -0.449 e. The molecule has 1 aliphatic rings. The molecule has 1 aliphatic carbocycles. The van der Waals surface area contributed by atoms with Crippen LogP contribution in [0, 0.1) is 0 Å². The number of aromatic nitrogens is 1. The number of carbonyl (C=O) groups excluding carboxylic acids is 1. The summed E-state index contributed by atoms with van der Waals surface area (Å²) in [5.41, 5.74) is 7.01. The van der Waals surface area contributed by atoms with Crippen LogP contribution in [0.25, 0.3) is 33.0 Å². The molecule has 0 amide bonds. The van der Waals surface area contributed by atoms with E-state index in [1.54, 1.807) is 4.57 Å². The van der Waals surface area contributed by atoms with Crippen molar-refractivity contribution in [3.8, 4) is 22.3 Å². The molecule has 158 valence electrons. The van der Waals surface area contributed by atoms with Gasteiger partial charge in [0.15, 0.2) is 0 Å². The Labute approximate surface area is 195 Å². The third-order valence-corrected chi connectivity index (χ3v) is 7.33. The monoisotopic (exact) mass is 531 g/mol. The van der Waals surface area contributed by atoms with Gasteiger partial charge >= 0.3 is 6.09 Å². The lowest BCUT2D eigenvalue weighted by Gasteiger charge is -2.23. The zero-order valence-electron chi connectivity index (χ0n) is 18.5. The van der Waals surface area contributed by atoms with Crippen LogP contribution in [-0.2, 0) is 15.6 Å². The number of rotatable bonds is 1. The van der Waals surface area contributed by atoms with Gasteiger partial charge in [-0.3, -0.25) is 0 Å². The topological polar surface area (TPSA) is 31.2 Å². The predicted molar refractivity (Wildman–Crippen MR) is 132 cm³/mol. The second-order valence-corrected chi connectivity index (χ2v) is 11.5. The number of benzene rings is 2. The number of nitrogens with zero attached hydrogens (tertiary/aromatic N) is 1. The maximum absolute atomic E-state index is 12.7. The molecule has 0 radical (unpaired) electrons. The van der Waals surface area contributed by atoms with Crippen molar-refractivity contribution in [3.63, 3.8) is 0 Å². The first-order valence-electron chi connectivity index (χ1n) is 10.3. The Hall–Kier alpha value is -1.59. The van der Waals surface area contributed by atoms with Crippen molar-refractivity contribution in [3.05, 3.63) is 44.6 Å². The molecule has 0 saturated heterocycles. The van der Waals surface area contributed by atoms with Gasteiger partial charge in [-0.25, -0.2) is 9.36 Å². The number of ether oxygens (including phenoxy) is 1. The van der Waals surface area contributed by atoms with Crippen molar-refractivity contribution in [2.24, 2.45) is 0 Å². The highest BCUT2D eigenvalue weighted by Crippen LogP contribution is 2.56. The standard InChI is InChI=1S/C25H27Br2NO2/c1-8-30-23(29)28-21(26)19-16-11-14(24(2,3)4)9-13-10-15(25(5,6)7)12-17(18(13)16)20(19)22(28)27/h9-12H,8H2,1-7H3. The van der Waals surface area contributed by atoms with E-state index in [9.17, 15) is 4.79 Å². The molecular weight excluding hydrogens is 506 g/mol. The molecule has 30 heavy (non-hydrogen) atoms. The maximum atomic E-state index is 12.7. The fourth-order valence-electron chi connectivity index (χ4n) is 4.13. The van der Waals surface area contributed by atoms with Gasteiger partial charge in [0, 0.05) is 11.1 Å². The van der Waals surface area contributed by atoms with Gasteiger partial charge in [-0.05, 0) is 94.8 Å². The number of carbonyl (C=O) groups is 1. The van der Waals surface area contributed by atoms with Crippen LogP contribution in [0.4, 0.5) is 4.79 Å². The Kier molecular flexibility index (Phi) is 5.02. The Morgan fingerprint density at radius 2 is 1.30 bits per heavy atom. The van der Waals surface area contributed by atoms with E-state index in [-0.39, 0.29) is 16.9 Å². The Morgan fingerprint density at radius 3 is 1.67 bits per heavy atom. The van der Waals surface area contributed by atoms with Gasteiger partial charge in [0.25, 0.3) is 0 Å². The third kappa shape index (κ3) is 3.16. The molecule has 0 fully saturated rings. The average molecular weight is 533 g/mol. The van der Waals surface area contributed by atoms with Crippen molar-refractivity contribution in [1.29, 1.82) is 0 Å². The normalized spacial score (nSPS) is 13.1. The number of hydrogen-bond donors (Lipinski definition) is 0. The molecule has 3 aromatic rings. The van der Waals surface area contributed by atoms with E-state index in [0.29, 0.717) is 6.61 Å². The van der Waals surface area contributed by atoms with Crippen molar-refractivity contribution in [2.45, 2.75) is 59.3 Å². The van der Waals surface area contributed by atoms with Gasteiger partial charge in [-0.1, -0.05) is 53.7 Å². The first-order chi connectivity index (χ1) is 13.9. The van der Waals surface area contributed by atoms with Crippen molar-refractivity contribution in [2.75, 3.05) is 6.61 Å². The lowest BCUT2D eigenvalue weighted by molar-refractivity contribution is 0.153. The Balaban J connectivity index is 2.14. The van der Waals surface area contributed by atoms with E-state index < -0.39 is 0 Å². The summed E-state index contributed by atoms with van der Waals surface area (Å²) in [6, 6.07) is 9.21. The van der Waals surface area contributed by atoms with E-state index in [4.69, 9.17) is 4.74 Å². The Morgan fingerprint density at radius 1 is 0.867 bits per heavy atom. The summed E-state index contributed by atoms with van der Waals surface area (Å²) < 4.78 is 8.34. The smallest absolute Gasteiger partial charge is 0.419 e. The lowest BCUT2D eigenvalue weighted by Crippen LogP contribution is -2.14. The van der Waals surface area contributed by atoms with Crippen LogP contribution in [0.1, 0.15) is 59.6 Å². The first kappa shape index (κ1) is 21.6. The van der Waals surface area contributed by atoms with E-state index in [2.05, 4.69) is 97.7 Å². The molecule has 1 aromatic heterocycles. The lowest BCUT2D eigenvalue weighted by atomic mass is 9.81. The van der Waals surface area contributed by atoms with Crippen LogP contribution in [0.3, 0.4) is 0 Å². The summed E-state index contributed by atoms with van der Waals surface area (Å²) >= 11 is 7.43. The molecule has 0 saturated carbocycles. The average Bonchev–Trinajstić information content (AvgIpc) is 3.08. The van der Waals surface area contributed by atoms with Gasteiger partial charge in [-0.2, -0.15) is 0 Å². The molecule has 2 aromatic carbocycles. The molecule has 0 N–H and O–H groups in total. The minimum atomic E-state index is -0.387. The van der Waals surface area contributed by atoms with Crippen molar-refractivity contribution >= 4 is 48.7 Å². The highest BCUT2D eigenvalue weighted by atomic mass is 79.9. The second kappa shape index (κ2) is 6.96. The summed E-state index contributed by atoms with van der Waals surface area (Å²) in [7, 11) is 0. The van der Waals surface area contributed by atoms with Crippen molar-refractivity contribution < 1.29 is 9.53 Å². The molecule has 1 heterocycles. The van der Waals surface area contributed by atoms with E-state index >= 15 is 0 Å². The van der Waals surface area contributed by atoms with E-state index in [1.165, 1.54) is 33.0 Å². The van der Waals surface area contributed by atoms with Crippen LogP contribution in [0.15, 0.2) is 33.5 Å². The van der Waals surface area contributed by atoms with Gasteiger partial charge in [0.1, 0.15) is 9.21 Å². The Bertz CT molecular complexity index is 1130. The summed E-state index contributed by atoms with van der Waals surface area (Å²) in [4.78, 5) is 12.7. The molecule has 5 heteroatoms. The summed E-state index contributed by atoms with van der Waals surface area (Å²) in [6.07, 6.45) is -0.387. The van der Waals surface area contributed by atoms with Crippen LogP contribution < -0.4 is 0 Å². The van der Waals surface area contributed by atoms with Crippen LogP contribution >= 0.6 is 31.9 Å². The van der Waals surface area contributed by atoms with Gasteiger partial charge in [0.05, 0.1) is 6.61 Å². The van der Waals surface area contributed by atoms with Crippen molar-refractivity contribution in [1.82, 2.24) is 4.57 Å². The number of hydrogen-bond acceptors (Lipinski definition) is 2. The molecule has 0 unspecified atom stereocenters. The summed E-state index contributed by atoms with van der Waals surface area (Å²) in [5, 5.41) is 2.50. The fraction of sp³-hybridized carbons (Fsp3) is 0.400. The fourth-order valence-corrected chi connectivity index (χ4v) is 5.84. The molecule has 0 spiro atoms.